The number of fused-ring (bicyclic) bond motifs is 1. The summed E-state index contributed by atoms with van der Waals surface area (Å²) in [7, 11) is 0. The minimum absolute atomic E-state index is 0.298. The molecule has 0 saturated heterocycles. The van der Waals surface area contributed by atoms with Crippen molar-refractivity contribution in [3.05, 3.63) is 64.7 Å². The summed E-state index contributed by atoms with van der Waals surface area (Å²) in [5.74, 6) is -0.595. The summed E-state index contributed by atoms with van der Waals surface area (Å²) < 4.78 is 39.5. The Balaban J connectivity index is 2.04. The number of hydrogen-bond acceptors (Lipinski definition) is 1. The van der Waals surface area contributed by atoms with Crippen molar-refractivity contribution in [3.8, 4) is 0 Å². The van der Waals surface area contributed by atoms with Crippen molar-refractivity contribution in [1.82, 2.24) is 0 Å². The maximum atomic E-state index is 13.2. The maximum Gasteiger partial charge on any atom is 0.417 e. The normalized spacial score (nSPS) is 14.5. The predicted molar refractivity (Wildman–Crippen MR) is 82.6 cm³/mol. The van der Waals surface area contributed by atoms with Crippen LogP contribution in [0, 0.1) is 6.92 Å². The van der Waals surface area contributed by atoms with Crippen LogP contribution in [0.5, 0.6) is 0 Å². The summed E-state index contributed by atoms with van der Waals surface area (Å²) in [4.78, 5) is 14.2. The highest BCUT2D eigenvalue weighted by Gasteiger charge is 2.36. The number of anilines is 1. The quantitative estimate of drug-likeness (QED) is 0.752. The van der Waals surface area contributed by atoms with E-state index < -0.39 is 17.6 Å². The molecule has 0 aromatic heterocycles. The molecule has 120 valence electrons. The first-order valence-electron chi connectivity index (χ1n) is 7.45. The predicted octanol–water partition coefficient (Wildman–Crippen LogP) is 4.61. The van der Waals surface area contributed by atoms with Gasteiger partial charge in [-0.25, -0.2) is 0 Å². The molecule has 0 unspecified atom stereocenters. The zero-order chi connectivity index (χ0) is 16.6. The van der Waals surface area contributed by atoms with E-state index in [2.05, 4.69) is 0 Å². The zero-order valence-electron chi connectivity index (χ0n) is 12.7. The molecule has 0 spiro atoms. The van der Waals surface area contributed by atoms with Gasteiger partial charge in [0.2, 0.25) is 0 Å². The Bertz CT molecular complexity index is 752. The van der Waals surface area contributed by atoms with Crippen LogP contribution in [0.25, 0.3) is 0 Å². The number of nitrogens with zero attached hydrogens (tertiary/aromatic N) is 1. The number of benzene rings is 2. The molecule has 0 radical (unpaired) electrons. The molecular formula is C18H16F3NO. The number of halogens is 3. The van der Waals surface area contributed by atoms with Crippen LogP contribution in [0.1, 0.15) is 33.5 Å². The minimum atomic E-state index is -4.54. The largest absolute Gasteiger partial charge is 0.417 e. The lowest BCUT2D eigenvalue weighted by atomic mass is 9.98. The Morgan fingerprint density at radius 1 is 1.13 bits per heavy atom. The molecule has 1 heterocycles. The van der Waals surface area contributed by atoms with Gasteiger partial charge in [0.1, 0.15) is 0 Å². The average molecular weight is 319 g/mol. The standard InChI is InChI=1S/C18H16F3NO/c1-12-8-9-16-13(11-12)5-4-10-22(16)17(23)14-6-2-3-7-15(14)18(19,20)21/h2-3,6-9,11H,4-5,10H2,1H3. The molecule has 2 aromatic rings. The Labute approximate surface area is 132 Å². The smallest absolute Gasteiger partial charge is 0.308 e. The highest BCUT2D eigenvalue weighted by atomic mass is 19.4. The number of alkyl halides is 3. The minimum Gasteiger partial charge on any atom is -0.308 e. The summed E-state index contributed by atoms with van der Waals surface area (Å²) in [6.07, 6.45) is -2.96. The van der Waals surface area contributed by atoms with Gasteiger partial charge in [-0.2, -0.15) is 13.2 Å². The fraction of sp³-hybridized carbons (Fsp3) is 0.278. The average Bonchev–Trinajstić information content (AvgIpc) is 2.52. The first kappa shape index (κ1) is 15.6. The van der Waals surface area contributed by atoms with E-state index in [1.807, 2.05) is 25.1 Å². The highest BCUT2D eigenvalue weighted by molar-refractivity contribution is 6.07. The third kappa shape index (κ3) is 2.96. The van der Waals surface area contributed by atoms with Crippen molar-refractivity contribution in [2.24, 2.45) is 0 Å². The van der Waals surface area contributed by atoms with E-state index in [4.69, 9.17) is 0 Å². The summed E-state index contributed by atoms with van der Waals surface area (Å²) in [5.41, 5.74) is 1.62. The number of rotatable bonds is 1. The van der Waals surface area contributed by atoms with Gasteiger partial charge in [0.05, 0.1) is 11.1 Å². The van der Waals surface area contributed by atoms with Gasteiger partial charge in [-0.1, -0.05) is 29.8 Å². The first-order chi connectivity index (χ1) is 10.9. The molecule has 0 bridgehead atoms. The SMILES string of the molecule is Cc1ccc2c(c1)CCCN2C(=O)c1ccccc1C(F)(F)F. The van der Waals surface area contributed by atoms with Gasteiger partial charge in [-0.15, -0.1) is 0 Å². The molecule has 2 nitrogen and oxygen atoms in total. The van der Waals surface area contributed by atoms with Crippen molar-refractivity contribution < 1.29 is 18.0 Å². The third-order valence-corrected chi connectivity index (χ3v) is 4.06. The van der Waals surface area contributed by atoms with Crippen LogP contribution < -0.4 is 4.90 Å². The summed E-state index contributed by atoms with van der Waals surface area (Å²) in [5, 5.41) is 0. The van der Waals surface area contributed by atoms with Gasteiger partial charge in [-0.3, -0.25) is 4.79 Å². The van der Waals surface area contributed by atoms with Gasteiger partial charge in [-0.05, 0) is 43.5 Å². The van der Waals surface area contributed by atoms with Crippen molar-refractivity contribution in [3.63, 3.8) is 0 Å². The van der Waals surface area contributed by atoms with Crippen LogP contribution in [-0.4, -0.2) is 12.5 Å². The van der Waals surface area contributed by atoms with Crippen molar-refractivity contribution in [2.75, 3.05) is 11.4 Å². The lowest BCUT2D eigenvalue weighted by Crippen LogP contribution is -2.36. The van der Waals surface area contributed by atoms with Crippen molar-refractivity contribution >= 4 is 11.6 Å². The molecule has 0 saturated carbocycles. The number of amides is 1. The molecule has 1 aliphatic heterocycles. The summed E-state index contributed by atoms with van der Waals surface area (Å²) >= 11 is 0. The number of carbonyl (C=O) groups excluding carboxylic acids is 1. The molecule has 23 heavy (non-hydrogen) atoms. The van der Waals surface area contributed by atoms with Gasteiger partial charge in [0.15, 0.2) is 0 Å². The molecule has 0 atom stereocenters. The summed E-state index contributed by atoms with van der Waals surface area (Å²) in [6.45, 7) is 2.39. The number of carbonyl (C=O) groups is 1. The Morgan fingerprint density at radius 3 is 2.61 bits per heavy atom. The van der Waals surface area contributed by atoms with Crippen LogP contribution in [0.15, 0.2) is 42.5 Å². The van der Waals surface area contributed by atoms with Crippen LogP contribution >= 0.6 is 0 Å². The molecule has 0 aliphatic carbocycles. The lowest BCUT2D eigenvalue weighted by Gasteiger charge is -2.30. The maximum absolute atomic E-state index is 13.2. The zero-order valence-corrected chi connectivity index (χ0v) is 12.7. The first-order valence-corrected chi connectivity index (χ1v) is 7.45. The second-order valence-corrected chi connectivity index (χ2v) is 5.74. The fourth-order valence-electron chi connectivity index (χ4n) is 3.00. The second kappa shape index (κ2) is 5.72. The number of hydrogen-bond donors (Lipinski definition) is 0. The number of aryl methyl sites for hydroxylation is 2. The van der Waals surface area contributed by atoms with E-state index in [9.17, 15) is 18.0 Å². The van der Waals surface area contributed by atoms with E-state index in [0.717, 1.165) is 30.0 Å². The van der Waals surface area contributed by atoms with Crippen LogP contribution in [0.2, 0.25) is 0 Å². The van der Waals surface area contributed by atoms with Gasteiger partial charge in [0.25, 0.3) is 5.91 Å². The van der Waals surface area contributed by atoms with Gasteiger partial charge < -0.3 is 4.90 Å². The van der Waals surface area contributed by atoms with Gasteiger partial charge >= 0.3 is 6.18 Å². The molecule has 0 fully saturated rings. The molecule has 0 N–H and O–H groups in total. The van der Waals surface area contributed by atoms with E-state index >= 15 is 0 Å². The fourth-order valence-corrected chi connectivity index (χ4v) is 3.00. The monoisotopic (exact) mass is 319 g/mol. The van der Waals surface area contributed by atoms with E-state index in [1.54, 1.807) is 0 Å². The van der Waals surface area contributed by atoms with Crippen LogP contribution in [0.4, 0.5) is 18.9 Å². The highest BCUT2D eigenvalue weighted by Crippen LogP contribution is 2.34. The Morgan fingerprint density at radius 2 is 1.87 bits per heavy atom. The molecule has 1 aliphatic rings. The molecule has 2 aromatic carbocycles. The molecule has 3 rings (SSSR count). The Kier molecular flexibility index (Phi) is 3.88. The molecule has 1 amide bonds. The van der Waals surface area contributed by atoms with Crippen LogP contribution in [0.3, 0.4) is 0 Å². The molecule has 5 heteroatoms. The van der Waals surface area contributed by atoms with E-state index in [-0.39, 0.29) is 5.56 Å². The van der Waals surface area contributed by atoms with Crippen LogP contribution in [-0.2, 0) is 12.6 Å². The van der Waals surface area contributed by atoms with Crippen molar-refractivity contribution in [2.45, 2.75) is 25.9 Å². The second-order valence-electron chi connectivity index (χ2n) is 5.74. The third-order valence-electron chi connectivity index (χ3n) is 4.06. The Hall–Kier alpha value is -2.30. The van der Waals surface area contributed by atoms with Crippen molar-refractivity contribution in [1.29, 1.82) is 0 Å². The van der Waals surface area contributed by atoms with E-state index in [0.29, 0.717) is 12.2 Å². The van der Waals surface area contributed by atoms with Gasteiger partial charge in [0, 0.05) is 12.2 Å². The van der Waals surface area contributed by atoms with E-state index in [1.165, 1.54) is 23.1 Å². The molecular weight excluding hydrogens is 303 g/mol. The topological polar surface area (TPSA) is 20.3 Å². The lowest BCUT2D eigenvalue weighted by molar-refractivity contribution is -0.137. The summed E-state index contributed by atoms with van der Waals surface area (Å²) in [6, 6.07) is 10.6.